The summed E-state index contributed by atoms with van der Waals surface area (Å²) in [6, 6.07) is 0. The molecule has 1 saturated carbocycles. The molecule has 0 bridgehead atoms. The maximum atomic E-state index is 11.7. The second kappa shape index (κ2) is 8.58. The van der Waals surface area contributed by atoms with Crippen molar-refractivity contribution < 1.29 is 29.2 Å². The number of amides is 2. The third kappa shape index (κ3) is 5.12. The summed E-state index contributed by atoms with van der Waals surface area (Å²) in [6.45, 7) is 7.97. The molecule has 0 N–H and O–H groups in total. The van der Waals surface area contributed by atoms with Gasteiger partial charge in [-0.25, -0.2) is 4.79 Å². The minimum atomic E-state index is -0.685. The van der Waals surface area contributed by atoms with Crippen LogP contribution in [0.15, 0.2) is 11.6 Å². The lowest BCUT2D eigenvalue weighted by Crippen LogP contribution is -2.35. The van der Waals surface area contributed by atoms with Crippen molar-refractivity contribution in [2.45, 2.75) is 59.5 Å². The number of nitrogens with zero attached hydrogens (tertiary/aromatic N) is 1. The summed E-state index contributed by atoms with van der Waals surface area (Å²) in [6.07, 6.45) is 4.09. The number of hydrogen-bond acceptors (Lipinski definition) is 6. The van der Waals surface area contributed by atoms with Gasteiger partial charge >= 0.3 is 5.97 Å². The van der Waals surface area contributed by atoms with Crippen molar-refractivity contribution in [3.63, 3.8) is 0 Å². The molecular weight excluding hydrogens is 326 g/mol. The van der Waals surface area contributed by atoms with Crippen molar-refractivity contribution in [3.8, 4) is 0 Å². The van der Waals surface area contributed by atoms with Gasteiger partial charge in [-0.05, 0) is 42.6 Å². The fourth-order valence-corrected chi connectivity index (χ4v) is 3.43. The SMILES string of the molecule is CC1=CC(=O)N(CCC(=O)OOOC2CC(C)CCC2C(C)C)C1=O. The number of rotatable bonds is 7. The first-order valence-corrected chi connectivity index (χ1v) is 8.86. The molecule has 140 valence electrons. The Bertz CT molecular complexity index is 556. The van der Waals surface area contributed by atoms with E-state index in [2.05, 4.69) is 25.7 Å². The third-order valence-electron chi connectivity index (χ3n) is 4.98. The van der Waals surface area contributed by atoms with Crippen molar-refractivity contribution in [3.05, 3.63) is 11.6 Å². The van der Waals surface area contributed by atoms with Gasteiger partial charge in [-0.2, -0.15) is 4.89 Å². The smallest absolute Gasteiger partial charge is 0.275 e. The van der Waals surface area contributed by atoms with E-state index in [0.717, 1.165) is 24.2 Å². The Morgan fingerprint density at radius 3 is 2.64 bits per heavy atom. The van der Waals surface area contributed by atoms with E-state index >= 15 is 0 Å². The van der Waals surface area contributed by atoms with Crippen molar-refractivity contribution in [1.82, 2.24) is 4.90 Å². The molecule has 1 heterocycles. The molecule has 0 radical (unpaired) electrons. The molecule has 1 fully saturated rings. The first kappa shape index (κ1) is 19.6. The van der Waals surface area contributed by atoms with Crippen molar-refractivity contribution in [2.24, 2.45) is 17.8 Å². The van der Waals surface area contributed by atoms with Gasteiger partial charge in [0.15, 0.2) is 0 Å². The second-order valence-electron chi connectivity index (χ2n) is 7.36. The van der Waals surface area contributed by atoms with Crippen LogP contribution in [0.2, 0.25) is 0 Å². The first-order chi connectivity index (χ1) is 11.8. The van der Waals surface area contributed by atoms with Crippen molar-refractivity contribution in [1.29, 1.82) is 0 Å². The van der Waals surface area contributed by atoms with E-state index in [4.69, 9.17) is 9.93 Å². The largest absolute Gasteiger partial charge is 0.347 e. The lowest BCUT2D eigenvalue weighted by molar-refractivity contribution is -0.508. The molecule has 0 aromatic carbocycles. The van der Waals surface area contributed by atoms with E-state index in [1.54, 1.807) is 6.92 Å². The van der Waals surface area contributed by atoms with Crippen LogP contribution in [0.1, 0.15) is 53.4 Å². The van der Waals surface area contributed by atoms with E-state index in [1.165, 1.54) is 6.08 Å². The predicted molar refractivity (Wildman–Crippen MR) is 88.5 cm³/mol. The van der Waals surface area contributed by atoms with Crippen molar-refractivity contribution >= 4 is 17.8 Å². The molecule has 0 aromatic heterocycles. The highest BCUT2D eigenvalue weighted by molar-refractivity contribution is 6.15. The van der Waals surface area contributed by atoms with Gasteiger partial charge in [0, 0.05) is 18.2 Å². The van der Waals surface area contributed by atoms with Gasteiger partial charge in [0.25, 0.3) is 11.8 Å². The summed E-state index contributed by atoms with van der Waals surface area (Å²) in [7, 11) is 0. The molecule has 3 unspecified atom stereocenters. The molecule has 0 aromatic rings. The second-order valence-corrected chi connectivity index (χ2v) is 7.36. The lowest BCUT2D eigenvalue weighted by atomic mass is 9.75. The summed E-state index contributed by atoms with van der Waals surface area (Å²) >= 11 is 0. The molecular formula is C18H27NO6. The summed E-state index contributed by atoms with van der Waals surface area (Å²) in [5.74, 6) is -0.116. The zero-order valence-electron chi connectivity index (χ0n) is 15.3. The van der Waals surface area contributed by atoms with E-state index in [9.17, 15) is 14.4 Å². The molecule has 3 atom stereocenters. The summed E-state index contributed by atoms with van der Waals surface area (Å²) in [4.78, 5) is 46.0. The monoisotopic (exact) mass is 353 g/mol. The van der Waals surface area contributed by atoms with Crippen LogP contribution in [0.5, 0.6) is 0 Å². The molecule has 2 rings (SSSR count). The average molecular weight is 353 g/mol. The van der Waals surface area contributed by atoms with Gasteiger partial charge in [-0.3, -0.25) is 19.4 Å². The van der Waals surface area contributed by atoms with Gasteiger partial charge in [-0.1, -0.05) is 27.2 Å². The quantitative estimate of drug-likeness (QED) is 0.397. The standard InChI is InChI=1S/C18H27NO6/c1-11(2)14-6-5-12(3)9-15(14)23-25-24-17(21)7-8-19-16(20)10-13(4)18(19)22/h10-12,14-15H,5-9H2,1-4H3. The van der Waals surface area contributed by atoms with Crippen LogP contribution in [-0.2, 0) is 29.2 Å². The Morgan fingerprint density at radius 2 is 2.04 bits per heavy atom. The molecule has 25 heavy (non-hydrogen) atoms. The number of carbonyl (C=O) groups is 3. The van der Waals surface area contributed by atoms with Crippen LogP contribution in [0.4, 0.5) is 0 Å². The Morgan fingerprint density at radius 1 is 1.32 bits per heavy atom. The minimum absolute atomic E-state index is 0.0389. The molecule has 7 heteroatoms. The van der Waals surface area contributed by atoms with Gasteiger partial charge in [0.2, 0.25) is 0 Å². The molecule has 2 amide bonds. The third-order valence-corrected chi connectivity index (χ3v) is 4.98. The van der Waals surface area contributed by atoms with Gasteiger partial charge in [0.05, 0.1) is 6.42 Å². The number of hydrogen-bond donors (Lipinski definition) is 0. The van der Waals surface area contributed by atoms with Crippen LogP contribution in [0.3, 0.4) is 0 Å². The van der Waals surface area contributed by atoms with Crippen LogP contribution >= 0.6 is 0 Å². The van der Waals surface area contributed by atoms with Crippen molar-refractivity contribution in [2.75, 3.05) is 6.54 Å². The highest BCUT2D eigenvalue weighted by Gasteiger charge is 2.33. The Hall–Kier alpha value is -1.73. The van der Waals surface area contributed by atoms with E-state index < -0.39 is 11.9 Å². The topological polar surface area (TPSA) is 82.1 Å². The summed E-state index contributed by atoms with van der Waals surface area (Å²) in [5, 5.41) is 4.70. The Kier molecular flexibility index (Phi) is 6.72. The fraction of sp³-hybridized carbons (Fsp3) is 0.722. The highest BCUT2D eigenvalue weighted by atomic mass is 17.5. The predicted octanol–water partition coefficient (Wildman–Crippen LogP) is 2.56. The zero-order valence-corrected chi connectivity index (χ0v) is 15.3. The Balaban J connectivity index is 1.71. The van der Waals surface area contributed by atoms with E-state index in [-0.39, 0.29) is 25.0 Å². The molecule has 1 aliphatic carbocycles. The summed E-state index contributed by atoms with van der Waals surface area (Å²) < 4.78 is 0. The lowest BCUT2D eigenvalue weighted by Gasteiger charge is -2.35. The average Bonchev–Trinajstić information content (AvgIpc) is 2.78. The molecule has 0 saturated heterocycles. The minimum Gasteiger partial charge on any atom is -0.275 e. The molecule has 0 spiro atoms. The van der Waals surface area contributed by atoms with Crippen LogP contribution in [0, 0.1) is 17.8 Å². The molecule has 2 aliphatic rings. The number of carbonyl (C=O) groups excluding carboxylic acids is 3. The highest BCUT2D eigenvalue weighted by Crippen LogP contribution is 2.35. The van der Waals surface area contributed by atoms with Crippen LogP contribution in [0.25, 0.3) is 0 Å². The van der Waals surface area contributed by atoms with Crippen LogP contribution < -0.4 is 0 Å². The first-order valence-electron chi connectivity index (χ1n) is 8.86. The maximum Gasteiger partial charge on any atom is 0.347 e. The van der Waals surface area contributed by atoms with Gasteiger partial charge in [0.1, 0.15) is 6.10 Å². The van der Waals surface area contributed by atoms with Gasteiger partial charge in [-0.15, -0.1) is 0 Å². The molecule has 7 nitrogen and oxygen atoms in total. The molecule has 1 aliphatic heterocycles. The van der Waals surface area contributed by atoms with E-state index in [1.807, 2.05) is 0 Å². The normalized spacial score (nSPS) is 27.0. The van der Waals surface area contributed by atoms with E-state index in [0.29, 0.717) is 23.3 Å². The summed E-state index contributed by atoms with van der Waals surface area (Å²) in [5.41, 5.74) is 0.365. The van der Waals surface area contributed by atoms with Gasteiger partial charge < -0.3 is 0 Å². The van der Waals surface area contributed by atoms with Crippen LogP contribution in [-0.4, -0.2) is 35.3 Å². The maximum absolute atomic E-state index is 11.7. The number of imide groups is 1. The zero-order chi connectivity index (χ0) is 18.6. The fourth-order valence-electron chi connectivity index (χ4n) is 3.43. The Labute approximate surface area is 148 Å².